The average molecular weight is 267 g/mol. The van der Waals surface area contributed by atoms with E-state index in [1.165, 1.54) is 0 Å². The lowest BCUT2D eigenvalue weighted by Gasteiger charge is -2.36. The Morgan fingerprint density at radius 3 is 2.42 bits per heavy atom. The van der Waals surface area contributed by atoms with Gasteiger partial charge in [0.2, 0.25) is 0 Å². The molecule has 0 fully saturated rings. The summed E-state index contributed by atoms with van der Waals surface area (Å²) >= 11 is 0. The van der Waals surface area contributed by atoms with E-state index in [0.29, 0.717) is 32.8 Å². The number of nitrogens with two attached hydrogens (primary N) is 1. The lowest BCUT2D eigenvalue weighted by molar-refractivity contribution is 0.0358. The van der Waals surface area contributed by atoms with Crippen molar-refractivity contribution in [3.63, 3.8) is 0 Å². The summed E-state index contributed by atoms with van der Waals surface area (Å²) in [5.41, 5.74) is 6.55. The van der Waals surface area contributed by atoms with Crippen LogP contribution < -0.4 is 5.73 Å². The molecule has 0 amide bonds. The van der Waals surface area contributed by atoms with Crippen molar-refractivity contribution < 1.29 is 14.6 Å². The molecule has 0 heterocycles. The molecule has 0 saturated carbocycles. The fourth-order valence-electron chi connectivity index (χ4n) is 2.25. The van der Waals surface area contributed by atoms with Crippen molar-refractivity contribution in [2.45, 2.75) is 24.9 Å². The predicted molar refractivity (Wildman–Crippen MR) is 76.2 cm³/mol. The van der Waals surface area contributed by atoms with E-state index < -0.39 is 11.5 Å². The minimum Gasteiger partial charge on any atom is -0.392 e. The Kier molecular flexibility index (Phi) is 7.02. The van der Waals surface area contributed by atoms with Gasteiger partial charge in [0.1, 0.15) is 0 Å². The van der Waals surface area contributed by atoms with Gasteiger partial charge in [0.15, 0.2) is 0 Å². The highest BCUT2D eigenvalue weighted by molar-refractivity contribution is 5.27. The van der Waals surface area contributed by atoms with Gasteiger partial charge in [-0.15, -0.1) is 0 Å². The molecule has 4 heteroatoms. The molecule has 0 saturated heterocycles. The minimum atomic E-state index is -0.522. The zero-order valence-corrected chi connectivity index (χ0v) is 11.8. The van der Waals surface area contributed by atoms with E-state index in [1.54, 1.807) is 14.0 Å². The molecule has 4 nitrogen and oxygen atoms in total. The third kappa shape index (κ3) is 4.28. The van der Waals surface area contributed by atoms with Crippen LogP contribution in [0.25, 0.3) is 0 Å². The maximum Gasteiger partial charge on any atom is 0.0700 e. The second-order valence-corrected chi connectivity index (χ2v) is 4.76. The summed E-state index contributed by atoms with van der Waals surface area (Å²) in [6.07, 6.45) is 0.167. The van der Waals surface area contributed by atoms with Gasteiger partial charge >= 0.3 is 0 Å². The van der Waals surface area contributed by atoms with Gasteiger partial charge in [-0.2, -0.15) is 0 Å². The van der Waals surface area contributed by atoms with Gasteiger partial charge in [-0.25, -0.2) is 0 Å². The van der Waals surface area contributed by atoms with Crippen molar-refractivity contribution in [3.8, 4) is 0 Å². The topological polar surface area (TPSA) is 64.7 Å². The van der Waals surface area contributed by atoms with Gasteiger partial charge in [-0.05, 0) is 18.9 Å². The first-order valence-corrected chi connectivity index (χ1v) is 6.67. The van der Waals surface area contributed by atoms with Gasteiger partial charge in [0, 0.05) is 25.7 Å². The number of benzene rings is 1. The van der Waals surface area contributed by atoms with E-state index in [0.717, 1.165) is 5.56 Å². The Labute approximate surface area is 115 Å². The van der Waals surface area contributed by atoms with E-state index in [-0.39, 0.29) is 0 Å². The van der Waals surface area contributed by atoms with Gasteiger partial charge in [-0.3, -0.25) is 0 Å². The Morgan fingerprint density at radius 2 is 1.89 bits per heavy atom. The Hall–Kier alpha value is -0.940. The van der Waals surface area contributed by atoms with E-state index in [2.05, 4.69) is 0 Å². The molecule has 0 radical (unpaired) electrons. The number of aliphatic hydroxyl groups excluding tert-OH is 1. The number of aliphatic hydroxyl groups is 1. The maximum atomic E-state index is 10.2. The van der Waals surface area contributed by atoms with Gasteiger partial charge < -0.3 is 20.3 Å². The first kappa shape index (κ1) is 16.1. The summed E-state index contributed by atoms with van der Waals surface area (Å²) in [7, 11) is 1.65. The highest BCUT2D eigenvalue weighted by Gasteiger charge is 2.35. The first-order chi connectivity index (χ1) is 9.17. The molecule has 1 rings (SSSR count). The van der Waals surface area contributed by atoms with E-state index >= 15 is 0 Å². The lowest BCUT2D eigenvalue weighted by Crippen LogP contribution is -2.45. The second-order valence-electron chi connectivity index (χ2n) is 4.76. The molecule has 19 heavy (non-hydrogen) atoms. The zero-order chi connectivity index (χ0) is 14.1. The molecule has 108 valence electrons. The molecule has 2 unspecified atom stereocenters. The molecule has 1 aromatic rings. The van der Waals surface area contributed by atoms with Crippen LogP contribution in [0, 0.1) is 0 Å². The molecule has 0 aliphatic rings. The summed E-state index contributed by atoms with van der Waals surface area (Å²) in [6, 6.07) is 9.91. The van der Waals surface area contributed by atoms with Crippen LogP contribution in [0.1, 0.15) is 18.9 Å². The third-order valence-corrected chi connectivity index (χ3v) is 3.64. The third-order valence-electron chi connectivity index (χ3n) is 3.64. The highest BCUT2D eigenvalue weighted by Crippen LogP contribution is 2.31. The SMILES string of the molecule is COCCOCCC(CN)(c1ccccc1)C(C)O. The number of hydrogen-bond acceptors (Lipinski definition) is 4. The first-order valence-electron chi connectivity index (χ1n) is 6.67. The maximum absolute atomic E-state index is 10.2. The summed E-state index contributed by atoms with van der Waals surface area (Å²) in [4.78, 5) is 0. The molecule has 0 aliphatic carbocycles. The smallest absolute Gasteiger partial charge is 0.0700 e. The Bertz CT molecular complexity index is 343. The molecule has 1 aromatic carbocycles. The number of ether oxygens (including phenoxy) is 2. The molecular formula is C15H25NO3. The lowest BCUT2D eigenvalue weighted by atomic mass is 9.74. The van der Waals surface area contributed by atoms with Gasteiger partial charge in [0.05, 0.1) is 19.3 Å². The molecule has 2 atom stereocenters. The summed E-state index contributed by atoms with van der Waals surface area (Å²) in [5.74, 6) is 0. The fraction of sp³-hybridized carbons (Fsp3) is 0.600. The standard InChI is InChI=1S/C15H25NO3/c1-13(17)15(12-16,8-9-19-11-10-18-2)14-6-4-3-5-7-14/h3-7,13,17H,8-12,16H2,1-2H3. The largest absolute Gasteiger partial charge is 0.392 e. The highest BCUT2D eigenvalue weighted by atomic mass is 16.5. The number of methoxy groups -OCH3 is 1. The molecular weight excluding hydrogens is 242 g/mol. The molecule has 0 aromatic heterocycles. The van der Waals surface area contributed by atoms with Crippen molar-refractivity contribution in [1.29, 1.82) is 0 Å². The quantitative estimate of drug-likeness (QED) is 0.662. The fourth-order valence-corrected chi connectivity index (χ4v) is 2.25. The van der Waals surface area contributed by atoms with E-state index in [9.17, 15) is 5.11 Å². The van der Waals surface area contributed by atoms with Gasteiger partial charge in [-0.1, -0.05) is 30.3 Å². The zero-order valence-electron chi connectivity index (χ0n) is 11.8. The number of hydrogen-bond donors (Lipinski definition) is 2. The second kappa shape index (κ2) is 8.27. The van der Waals surface area contributed by atoms with Crippen LogP contribution in [0.2, 0.25) is 0 Å². The number of rotatable bonds is 9. The van der Waals surface area contributed by atoms with Crippen molar-refractivity contribution in [3.05, 3.63) is 35.9 Å². The monoisotopic (exact) mass is 267 g/mol. The van der Waals surface area contributed by atoms with Crippen LogP contribution in [0.15, 0.2) is 30.3 Å². The van der Waals surface area contributed by atoms with Crippen molar-refractivity contribution >= 4 is 0 Å². The van der Waals surface area contributed by atoms with Crippen LogP contribution in [-0.2, 0) is 14.9 Å². The Morgan fingerprint density at radius 1 is 1.21 bits per heavy atom. The van der Waals surface area contributed by atoms with Crippen molar-refractivity contribution in [1.82, 2.24) is 0 Å². The van der Waals surface area contributed by atoms with Crippen LogP contribution in [0.5, 0.6) is 0 Å². The van der Waals surface area contributed by atoms with Crippen molar-refractivity contribution in [2.24, 2.45) is 5.73 Å². The van der Waals surface area contributed by atoms with Crippen molar-refractivity contribution in [2.75, 3.05) is 33.5 Å². The molecule has 0 spiro atoms. The summed E-state index contributed by atoms with van der Waals surface area (Å²) in [6.45, 7) is 3.87. The van der Waals surface area contributed by atoms with E-state index in [4.69, 9.17) is 15.2 Å². The molecule has 0 aliphatic heterocycles. The van der Waals surface area contributed by atoms with Crippen LogP contribution >= 0.6 is 0 Å². The molecule has 3 N–H and O–H groups in total. The van der Waals surface area contributed by atoms with E-state index in [1.807, 2.05) is 30.3 Å². The minimum absolute atomic E-state index is 0.391. The van der Waals surface area contributed by atoms with Crippen LogP contribution in [0.3, 0.4) is 0 Å². The van der Waals surface area contributed by atoms with Gasteiger partial charge in [0.25, 0.3) is 0 Å². The summed E-state index contributed by atoms with van der Waals surface area (Å²) in [5, 5.41) is 10.2. The predicted octanol–water partition coefficient (Wildman–Crippen LogP) is 1.32. The van der Waals surface area contributed by atoms with Crippen LogP contribution in [-0.4, -0.2) is 44.7 Å². The normalized spacial score (nSPS) is 16.0. The molecule has 0 bridgehead atoms. The summed E-state index contributed by atoms with van der Waals surface area (Å²) < 4.78 is 10.4. The van der Waals surface area contributed by atoms with Crippen LogP contribution in [0.4, 0.5) is 0 Å². The Balaban J connectivity index is 2.71. The average Bonchev–Trinajstić information content (AvgIpc) is 2.44.